The lowest BCUT2D eigenvalue weighted by atomic mass is 10.0. The molecule has 1 aliphatic heterocycles. The van der Waals surface area contributed by atoms with Crippen LogP contribution in [0.3, 0.4) is 0 Å². The number of halogens is 2. The topological polar surface area (TPSA) is 75.4 Å². The van der Waals surface area contributed by atoms with Crippen molar-refractivity contribution >= 4 is 67.8 Å². The van der Waals surface area contributed by atoms with E-state index in [1.807, 2.05) is 6.07 Å². The number of fused-ring (bicyclic) bond motifs is 1. The van der Waals surface area contributed by atoms with Crippen LogP contribution in [0.15, 0.2) is 15.9 Å². The van der Waals surface area contributed by atoms with Gasteiger partial charge in [-0.2, -0.15) is 0 Å². The summed E-state index contributed by atoms with van der Waals surface area (Å²) in [6, 6.07) is 3.58. The lowest BCUT2D eigenvalue weighted by molar-refractivity contribution is 0.1000. The Morgan fingerprint density at radius 1 is 1.38 bits per heavy atom. The summed E-state index contributed by atoms with van der Waals surface area (Å²) in [4.78, 5) is 28.3. The monoisotopic (exact) mass is 449 g/mol. The Balaban J connectivity index is 0.00000208. The van der Waals surface area contributed by atoms with Gasteiger partial charge in [-0.3, -0.25) is 14.5 Å². The minimum atomic E-state index is -0.477. The van der Waals surface area contributed by atoms with E-state index in [2.05, 4.69) is 33.1 Å². The van der Waals surface area contributed by atoms with E-state index < -0.39 is 5.91 Å². The normalized spacial score (nSPS) is 13.9. The number of likely N-dealkylation sites (N-methyl/N-ethyl adjacent to an activating group) is 1. The molecule has 0 saturated heterocycles. The first-order valence-electron chi connectivity index (χ1n) is 7.23. The zero-order chi connectivity index (χ0) is 16.6. The van der Waals surface area contributed by atoms with Crippen molar-refractivity contribution in [2.45, 2.75) is 19.9 Å². The number of carbonyl (C=O) groups is 2. The van der Waals surface area contributed by atoms with Crippen molar-refractivity contribution in [3.8, 4) is 0 Å². The molecule has 0 atom stereocenters. The number of amides is 2. The van der Waals surface area contributed by atoms with E-state index in [4.69, 9.17) is 5.73 Å². The number of hydrogen-bond donors (Lipinski definition) is 2. The number of anilines is 1. The molecule has 3 heterocycles. The van der Waals surface area contributed by atoms with Crippen molar-refractivity contribution in [3.05, 3.63) is 36.8 Å². The van der Waals surface area contributed by atoms with Gasteiger partial charge >= 0.3 is 0 Å². The summed E-state index contributed by atoms with van der Waals surface area (Å²) in [5, 5.41) is 3.43. The maximum Gasteiger partial charge on any atom is 0.266 e. The lowest BCUT2D eigenvalue weighted by Gasteiger charge is -2.25. The van der Waals surface area contributed by atoms with Crippen molar-refractivity contribution in [2.75, 3.05) is 18.4 Å². The number of hydrogen-bond acceptors (Lipinski definition) is 5. The van der Waals surface area contributed by atoms with Crippen LogP contribution in [0.4, 0.5) is 5.00 Å². The van der Waals surface area contributed by atoms with Gasteiger partial charge in [-0.05, 0) is 46.6 Å². The van der Waals surface area contributed by atoms with E-state index in [-0.39, 0.29) is 18.3 Å². The Hall–Kier alpha value is -0.930. The van der Waals surface area contributed by atoms with Gasteiger partial charge in [0.05, 0.1) is 14.2 Å². The van der Waals surface area contributed by atoms with Crippen molar-refractivity contribution in [1.29, 1.82) is 0 Å². The Morgan fingerprint density at radius 3 is 2.71 bits per heavy atom. The second-order valence-corrected chi connectivity index (χ2v) is 8.82. The average Bonchev–Trinajstić information content (AvgIpc) is 3.09. The van der Waals surface area contributed by atoms with E-state index in [9.17, 15) is 9.59 Å². The molecule has 0 spiro atoms. The molecular weight excluding hydrogens is 434 g/mol. The molecule has 0 saturated carbocycles. The highest BCUT2D eigenvalue weighted by molar-refractivity contribution is 9.11. The fourth-order valence-corrected chi connectivity index (χ4v) is 5.25. The summed E-state index contributed by atoms with van der Waals surface area (Å²) in [5.74, 6) is -0.691. The number of nitrogens with one attached hydrogen (secondary N) is 1. The van der Waals surface area contributed by atoms with Crippen molar-refractivity contribution in [3.63, 3.8) is 0 Å². The van der Waals surface area contributed by atoms with Gasteiger partial charge in [0.15, 0.2) is 0 Å². The molecule has 0 radical (unpaired) electrons. The number of thiophene rings is 2. The fourth-order valence-electron chi connectivity index (χ4n) is 2.68. The highest BCUT2D eigenvalue weighted by atomic mass is 79.9. The molecule has 3 rings (SSSR count). The molecule has 130 valence electrons. The molecule has 9 heteroatoms. The molecule has 24 heavy (non-hydrogen) atoms. The predicted octanol–water partition coefficient (Wildman–Crippen LogP) is 3.72. The first kappa shape index (κ1) is 19.4. The molecule has 0 bridgehead atoms. The average molecular weight is 451 g/mol. The van der Waals surface area contributed by atoms with Crippen molar-refractivity contribution in [2.24, 2.45) is 5.73 Å². The largest absolute Gasteiger partial charge is 0.365 e. The van der Waals surface area contributed by atoms with Gasteiger partial charge in [-0.25, -0.2) is 0 Å². The number of nitrogens with zero attached hydrogens (tertiary/aromatic N) is 1. The summed E-state index contributed by atoms with van der Waals surface area (Å²) in [6.07, 6.45) is 0.790. The molecule has 2 amide bonds. The van der Waals surface area contributed by atoms with E-state index in [1.54, 1.807) is 6.07 Å². The van der Waals surface area contributed by atoms with E-state index in [0.29, 0.717) is 15.4 Å². The highest BCUT2D eigenvalue weighted by Crippen LogP contribution is 2.37. The SMILES string of the molecule is CCN1CCc2c(sc(NC(=O)c3ccc(Br)s3)c2C(N)=O)C1.Cl. The molecule has 2 aromatic heterocycles. The van der Waals surface area contributed by atoms with Crippen LogP contribution in [0, 0.1) is 0 Å². The smallest absolute Gasteiger partial charge is 0.266 e. The molecule has 0 fully saturated rings. The van der Waals surface area contributed by atoms with Gasteiger partial charge in [-0.15, -0.1) is 35.1 Å². The van der Waals surface area contributed by atoms with Crippen LogP contribution < -0.4 is 11.1 Å². The first-order chi connectivity index (χ1) is 11.0. The Bertz CT molecular complexity index is 775. The van der Waals surface area contributed by atoms with Crippen LogP contribution in [0.5, 0.6) is 0 Å². The maximum atomic E-state index is 12.4. The minimum Gasteiger partial charge on any atom is -0.365 e. The third-order valence-electron chi connectivity index (χ3n) is 3.85. The van der Waals surface area contributed by atoms with Gasteiger partial charge < -0.3 is 11.1 Å². The van der Waals surface area contributed by atoms with Gasteiger partial charge in [0.25, 0.3) is 11.8 Å². The predicted molar refractivity (Wildman–Crippen MR) is 105 cm³/mol. The first-order valence-corrected chi connectivity index (χ1v) is 9.65. The van der Waals surface area contributed by atoms with Crippen LogP contribution >= 0.6 is 51.0 Å². The highest BCUT2D eigenvalue weighted by Gasteiger charge is 2.27. The second kappa shape index (κ2) is 7.97. The van der Waals surface area contributed by atoms with Gasteiger partial charge in [-0.1, -0.05) is 6.92 Å². The zero-order valence-electron chi connectivity index (χ0n) is 12.9. The standard InChI is InChI=1S/C15H16BrN3O2S2.ClH/c1-2-19-6-5-8-10(7-19)23-15(12(8)13(17)20)18-14(21)9-3-4-11(16)22-9;/h3-4H,2,5-7H2,1H3,(H2,17,20)(H,18,21);1H. The summed E-state index contributed by atoms with van der Waals surface area (Å²) in [7, 11) is 0. The number of nitrogens with two attached hydrogens (primary N) is 1. The molecule has 0 unspecified atom stereocenters. The van der Waals surface area contributed by atoms with E-state index in [0.717, 1.165) is 40.3 Å². The van der Waals surface area contributed by atoms with Crippen LogP contribution in [0.2, 0.25) is 0 Å². The number of carbonyl (C=O) groups excluding carboxylic acids is 2. The quantitative estimate of drug-likeness (QED) is 0.745. The summed E-state index contributed by atoms with van der Waals surface area (Å²) >= 11 is 6.16. The zero-order valence-corrected chi connectivity index (χ0v) is 17.0. The van der Waals surface area contributed by atoms with Crippen LogP contribution in [-0.4, -0.2) is 29.8 Å². The Morgan fingerprint density at radius 2 is 2.12 bits per heavy atom. The molecule has 0 aliphatic carbocycles. The second-order valence-electron chi connectivity index (χ2n) is 5.25. The van der Waals surface area contributed by atoms with E-state index >= 15 is 0 Å². The minimum absolute atomic E-state index is 0. The molecule has 2 aromatic rings. The van der Waals surface area contributed by atoms with Crippen molar-refractivity contribution < 1.29 is 9.59 Å². The number of primary amides is 1. The van der Waals surface area contributed by atoms with Gasteiger partial charge in [0.1, 0.15) is 5.00 Å². The third kappa shape index (κ3) is 3.83. The molecule has 5 nitrogen and oxygen atoms in total. The van der Waals surface area contributed by atoms with Crippen LogP contribution in [0.1, 0.15) is 37.4 Å². The number of rotatable bonds is 4. The van der Waals surface area contributed by atoms with Gasteiger partial charge in [0.2, 0.25) is 0 Å². The Kier molecular flexibility index (Phi) is 6.44. The van der Waals surface area contributed by atoms with Crippen LogP contribution in [0.25, 0.3) is 0 Å². The molecule has 0 aromatic carbocycles. The summed E-state index contributed by atoms with van der Waals surface area (Å²) in [5.41, 5.74) is 7.04. The molecular formula is C15H17BrClN3O2S2. The van der Waals surface area contributed by atoms with Crippen LogP contribution in [-0.2, 0) is 13.0 Å². The summed E-state index contributed by atoms with van der Waals surface area (Å²) in [6.45, 7) is 4.79. The third-order valence-corrected chi connectivity index (χ3v) is 6.61. The van der Waals surface area contributed by atoms with Crippen molar-refractivity contribution in [1.82, 2.24) is 4.90 Å². The van der Waals surface area contributed by atoms with Gasteiger partial charge in [0, 0.05) is 18.0 Å². The molecule has 3 N–H and O–H groups in total. The summed E-state index contributed by atoms with van der Waals surface area (Å²) < 4.78 is 0.891. The lowest BCUT2D eigenvalue weighted by Crippen LogP contribution is -2.30. The fraction of sp³-hybridized carbons (Fsp3) is 0.333. The Labute approximate surface area is 162 Å². The molecule has 1 aliphatic rings. The van der Waals surface area contributed by atoms with E-state index in [1.165, 1.54) is 22.7 Å². The maximum absolute atomic E-state index is 12.4.